The minimum Gasteiger partial charge on any atom is -0.507 e. The quantitative estimate of drug-likeness (QED) is 0.318. The molecular weight excluding hydrogens is 468 g/mol. The molecule has 35 heavy (non-hydrogen) atoms. The Balaban J connectivity index is 1.97. The Hall–Kier alpha value is -3.95. The van der Waals surface area contributed by atoms with Crippen LogP contribution in [0.2, 0.25) is 0 Å². The van der Waals surface area contributed by atoms with Gasteiger partial charge in [-0.1, -0.05) is 29.8 Å². The topological polar surface area (TPSA) is 127 Å². The Kier molecular flexibility index (Phi) is 6.23. The predicted molar refractivity (Wildman–Crippen MR) is 132 cm³/mol. The molecule has 0 radical (unpaired) electrons. The number of rotatable bonds is 5. The van der Waals surface area contributed by atoms with Crippen LogP contribution >= 0.6 is 0 Å². The Morgan fingerprint density at radius 1 is 1.00 bits per heavy atom. The molecule has 3 aromatic carbocycles. The summed E-state index contributed by atoms with van der Waals surface area (Å²) in [6.45, 7) is 3.67. The number of benzene rings is 3. The van der Waals surface area contributed by atoms with Crippen LogP contribution in [0, 0.1) is 13.8 Å². The van der Waals surface area contributed by atoms with Crippen LogP contribution in [-0.4, -0.2) is 32.3 Å². The Morgan fingerprint density at radius 3 is 2.31 bits per heavy atom. The average molecular weight is 493 g/mol. The largest absolute Gasteiger partial charge is 0.507 e. The SMILES string of the molecule is COc1cccc(C2/C(=C(\O)c3cc(C)ccc3C)C(=O)C(=O)N2c2ccc(S(N)(=O)=O)cc2)c1. The summed E-state index contributed by atoms with van der Waals surface area (Å²) in [5, 5.41) is 16.5. The first-order chi connectivity index (χ1) is 16.5. The lowest BCUT2D eigenvalue weighted by Crippen LogP contribution is -2.29. The number of aryl methyl sites for hydroxylation is 2. The Morgan fingerprint density at radius 2 is 1.69 bits per heavy atom. The molecular formula is C26H24N2O6S. The minimum atomic E-state index is -3.95. The predicted octanol–water partition coefficient (Wildman–Crippen LogP) is 3.59. The zero-order valence-corrected chi connectivity index (χ0v) is 20.2. The highest BCUT2D eigenvalue weighted by Gasteiger charge is 2.47. The monoisotopic (exact) mass is 492 g/mol. The van der Waals surface area contributed by atoms with Crippen LogP contribution < -0.4 is 14.8 Å². The number of amides is 1. The number of hydrogen-bond acceptors (Lipinski definition) is 6. The number of ether oxygens (including phenoxy) is 1. The third-order valence-electron chi connectivity index (χ3n) is 5.95. The van der Waals surface area contributed by atoms with Gasteiger partial charge in [0, 0.05) is 11.3 Å². The fraction of sp³-hybridized carbons (Fsp3) is 0.154. The first kappa shape index (κ1) is 24.2. The molecule has 1 fully saturated rings. The van der Waals surface area contributed by atoms with E-state index < -0.39 is 27.8 Å². The molecule has 9 heteroatoms. The fourth-order valence-electron chi connectivity index (χ4n) is 4.16. The van der Waals surface area contributed by atoms with Crippen molar-refractivity contribution in [2.24, 2.45) is 5.14 Å². The molecule has 0 bridgehead atoms. The number of anilines is 1. The third kappa shape index (κ3) is 4.43. The van der Waals surface area contributed by atoms with Gasteiger partial charge < -0.3 is 9.84 Å². The number of nitrogens with zero attached hydrogens (tertiary/aromatic N) is 1. The number of sulfonamides is 1. The van der Waals surface area contributed by atoms with Crippen LogP contribution in [0.25, 0.3) is 5.76 Å². The highest BCUT2D eigenvalue weighted by Crippen LogP contribution is 2.43. The van der Waals surface area contributed by atoms with Gasteiger partial charge in [-0.3, -0.25) is 14.5 Å². The zero-order valence-electron chi connectivity index (χ0n) is 19.3. The normalized spacial score (nSPS) is 17.6. The van der Waals surface area contributed by atoms with Crippen molar-refractivity contribution >= 4 is 33.2 Å². The molecule has 0 aromatic heterocycles. The van der Waals surface area contributed by atoms with Gasteiger partial charge in [-0.15, -0.1) is 0 Å². The summed E-state index contributed by atoms with van der Waals surface area (Å²) < 4.78 is 28.7. The molecule has 1 amide bonds. The summed E-state index contributed by atoms with van der Waals surface area (Å²) in [5.41, 5.74) is 2.79. The van der Waals surface area contributed by atoms with Gasteiger partial charge in [0.15, 0.2) is 0 Å². The van der Waals surface area contributed by atoms with Crippen molar-refractivity contribution in [3.63, 3.8) is 0 Å². The molecule has 8 nitrogen and oxygen atoms in total. The van der Waals surface area contributed by atoms with Crippen molar-refractivity contribution in [3.8, 4) is 5.75 Å². The van der Waals surface area contributed by atoms with E-state index in [9.17, 15) is 23.1 Å². The van der Waals surface area contributed by atoms with Crippen molar-refractivity contribution in [2.45, 2.75) is 24.8 Å². The summed E-state index contributed by atoms with van der Waals surface area (Å²) in [7, 11) is -2.45. The highest BCUT2D eigenvalue weighted by atomic mass is 32.2. The highest BCUT2D eigenvalue weighted by molar-refractivity contribution is 7.89. The van der Waals surface area contributed by atoms with Crippen LogP contribution in [0.15, 0.2) is 77.2 Å². The number of aliphatic hydroxyl groups excluding tert-OH is 1. The van der Waals surface area contributed by atoms with E-state index in [0.29, 0.717) is 16.9 Å². The number of aliphatic hydroxyl groups is 1. The number of primary sulfonamides is 1. The van der Waals surface area contributed by atoms with Crippen LogP contribution in [0.1, 0.15) is 28.3 Å². The molecule has 1 saturated heterocycles. The van der Waals surface area contributed by atoms with Crippen LogP contribution in [-0.2, 0) is 19.6 Å². The first-order valence-electron chi connectivity index (χ1n) is 10.7. The van der Waals surface area contributed by atoms with E-state index >= 15 is 0 Å². The van der Waals surface area contributed by atoms with Crippen LogP contribution in [0.5, 0.6) is 5.75 Å². The second-order valence-corrected chi connectivity index (χ2v) is 9.86. The summed E-state index contributed by atoms with van der Waals surface area (Å²) in [6.07, 6.45) is 0. The van der Waals surface area contributed by atoms with Gasteiger partial charge in [-0.2, -0.15) is 0 Å². The number of nitrogens with two attached hydrogens (primary N) is 1. The molecule has 0 spiro atoms. The van der Waals surface area contributed by atoms with E-state index in [1.54, 1.807) is 37.3 Å². The molecule has 3 N–H and O–H groups in total. The van der Waals surface area contributed by atoms with E-state index in [2.05, 4.69) is 0 Å². The number of carbonyl (C=O) groups is 2. The van der Waals surface area contributed by atoms with Crippen molar-refractivity contribution in [1.29, 1.82) is 0 Å². The molecule has 1 aliphatic heterocycles. The summed E-state index contributed by atoms with van der Waals surface area (Å²) in [6, 6.07) is 16.6. The fourth-order valence-corrected chi connectivity index (χ4v) is 4.67. The van der Waals surface area contributed by atoms with E-state index in [0.717, 1.165) is 11.1 Å². The molecule has 1 heterocycles. The van der Waals surface area contributed by atoms with Crippen LogP contribution in [0.3, 0.4) is 0 Å². The second-order valence-electron chi connectivity index (χ2n) is 8.30. The van der Waals surface area contributed by atoms with Crippen LogP contribution in [0.4, 0.5) is 5.69 Å². The molecule has 0 aliphatic carbocycles. The standard InChI is InChI=1S/C26H24N2O6S/c1-15-7-8-16(2)21(13-15)24(29)22-23(17-5-4-6-19(14-17)34-3)28(26(31)25(22)30)18-9-11-20(12-10-18)35(27,32)33/h4-14,23,29H,1-3H3,(H2,27,32,33)/b24-22+. The van der Waals surface area contributed by atoms with Gasteiger partial charge in [0.1, 0.15) is 11.5 Å². The summed E-state index contributed by atoms with van der Waals surface area (Å²) in [4.78, 5) is 27.7. The van der Waals surface area contributed by atoms with Crippen molar-refractivity contribution in [2.75, 3.05) is 12.0 Å². The molecule has 1 unspecified atom stereocenters. The number of methoxy groups -OCH3 is 1. The maximum absolute atomic E-state index is 13.3. The zero-order chi connectivity index (χ0) is 25.5. The van der Waals surface area contributed by atoms with Crippen molar-refractivity contribution < 1.29 is 27.9 Å². The molecule has 1 atom stereocenters. The molecule has 3 aromatic rings. The lowest BCUT2D eigenvalue weighted by molar-refractivity contribution is -0.132. The van der Waals surface area contributed by atoms with Gasteiger partial charge >= 0.3 is 0 Å². The van der Waals surface area contributed by atoms with E-state index in [1.165, 1.54) is 36.3 Å². The van der Waals surface area contributed by atoms with Gasteiger partial charge in [-0.05, 0) is 67.4 Å². The second kappa shape index (κ2) is 9.01. The minimum absolute atomic E-state index is 0.0764. The van der Waals surface area contributed by atoms with Gasteiger partial charge in [0.25, 0.3) is 11.7 Å². The van der Waals surface area contributed by atoms with Crippen molar-refractivity contribution in [3.05, 3.63) is 94.6 Å². The van der Waals surface area contributed by atoms with Gasteiger partial charge in [-0.25, -0.2) is 13.6 Å². The Labute approximate surface area is 203 Å². The third-order valence-corrected chi connectivity index (χ3v) is 6.87. The maximum Gasteiger partial charge on any atom is 0.300 e. The Bertz CT molecular complexity index is 1480. The summed E-state index contributed by atoms with van der Waals surface area (Å²) >= 11 is 0. The van der Waals surface area contributed by atoms with E-state index in [-0.39, 0.29) is 21.9 Å². The molecule has 180 valence electrons. The maximum atomic E-state index is 13.3. The lowest BCUT2D eigenvalue weighted by Gasteiger charge is -2.26. The first-order valence-corrected chi connectivity index (χ1v) is 12.2. The number of Topliss-reactive ketones (excluding diaryl/α,β-unsaturated/α-hetero) is 1. The number of ketones is 1. The van der Waals surface area contributed by atoms with E-state index in [4.69, 9.17) is 9.88 Å². The van der Waals surface area contributed by atoms with Gasteiger partial charge in [0.2, 0.25) is 10.0 Å². The van der Waals surface area contributed by atoms with E-state index in [1.807, 2.05) is 19.1 Å². The molecule has 4 rings (SSSR count). The average Bonchev–Trinajstić information content (AvgIpc) is 3.10. The smallest absolute Gasteiger partial charge is 0.300 e. The van der Waals surface area contributed by atoms with Gasteiger partial charge in [0.05, 0.1) is 23.6 Å². The van der Waals surface area contributed by atoms with Crippen molar-refractivity contribution in [1.82, 2.24) is 0 Å². The number of hydrogen-bond donors (Lipinski definition) is 2. The molecule has 1 aliphatic rings. The lowest BCUT2D eigenvalue weighted by atomic mass is 9.93. The summed E-state index contributed by atoms with van der Waals surface area (Å²) in [5.74, 6) is -1.50. The molecule has 0 saturated carbocycles. The number of carbonyl (C=O) groups excluding carboxylic acids is 2.